The molecule has 0 aromatic carbocycles. The molecule has 2 amide bonds. The third-order valence-corrected chi connectivity index (χ3v) is 4.46. The number of hydrogen-bond acceptors (Lipinski definition) is 2. The van der Waals surface area contributed by atoms with Gasteiger partial charge in [-0.1, -0.05) is 13.8 Å². The van der Waals surface area contributed by atoms with Crippen molar-refractivity contribution in [2.75, 3.05) is 13.1 Å². The van der Waals surface area contributed by atoms with Crippen LogP contribution in [-0.4, -0.2) is 36.1 Å². The minimum atomic E-state index is -0.270. The second-order valence-corrected chi connectivity index (χ2v) is 6.38. The summed E-state index contributed by atoms with van der Waals surface area (Å²) in [6.07, 6.45) is 6.07. The Morgan fingerprint density at radius 2 is 1.61 bits per heavy atom. The lowest BCUT2D eigenvalue weighted by Crippen LogP contribution is -2.50. The number of amides is 2. The molecule has 2 unspecified atom stereocenters. The number of hydrogen-bond donors (Lipinski definition) is 2. The van der Waals surface area contributed by atoms with Crippen molar-refractivity contribution < 1.29 is 4.79 Å². The third-order valence-electron chi connectivity index (χ3n) is 4.46. The van der Waals surface area contributed by atoms with Crippen LogP contribution in [0.25, 0.3) is 0 Å². The van der Waals surface area contributed by atoms with Crippen molar-refractivity contribution in [3.63, 3.8) is 0 Å². The molecule has 1 saturated heterocycles. The standard InChI is InChI=1S/C14H27N3O/c1-10-7-11(2)9-13(8-10)16-12-3-5-17(6-4-12)14(15)18/h10-13,16H,3-9H2,1-2H3,(H2,15,18). The maximum Gasteiger partial charge on any atom is 0.314 e. The van der Waals surface area contributed by atoms with Gasteiger partial charge in [0.15, 0.2) is 0 Å². The number of piperidine rings is 1. The van der Waals surface area contributed by atoms with Crippen molar-refractivity contribution in [2.45, 2.75) is 58.0 Å². The highest BCUT2D eigenvalue weighted by Crippen LogP contribution is 2.29. The second kappa shape index (κ2) is 5.91. The topological polar surface area (TPSA) is 58.4 Å². The van der Waals surface area contributed by atoms with Crippen molar-refractivity contribution >= 4 is 6.03 Å². The van der Waals surface area contributed by atoms with Gasteiger partial charge in [-0.3, -0.25) is 0 Å². The van der Waals surface area contributed by atoms with Crippen molar-refractivity contribution in [3.8, 4) is 0 Å². The number of nitrogens with zero attached hydrogens (tertiary/aromatic N) is 1. The Bertz CT molecular complexity index is 277. The van der Waals surface area contributed by atoms with Gasteiger partial charge >= 0.3 is 6.03 Å². The minimum absolute atomic E-state index is 0.270. The van der Waals surface area contributed by atoms with Gasteiger partial charge in [0, 0.05) is 25.2 Å². The molecule has 2 rings (SSSR count). The van der Waals surface area contributed by atoms with Crippen LogP contribution in [0.1, 0.15) is 46.0 Å². The van der Waals surface area contributed by atoms with Crippen molar-refractivity contribution in [1.29, 1.82) is 0 Å². The molecule has 1 heterocycles. The van der Waals surface area contributed by atoms with Crippen molar-refractivity contribution in [3.05, 3.63) is 0 Å². The highest BCUT2D eigenvalue weighted by molar-refractivity contribution is 5.72. The van der Waals surface area contributed by atoms with Crippen LogP contribution < -0.4 is 11.1 Å². The molecule has 104 valence electrons. The van der Waals surface area contributed by atoms with Crippen LogP contribution in [0.15, 0.2) is 0 Å². The largest absolute Gasteiger partial charge is 0.351 e. The van der Waals surface area contributed by atoms with E-state index in [1.807, 2.05) is 0 Å². The smallest absolute Gasteiger partial charge is 0.314 e. The molecular formula is C14H27N3O. The van der Waals surface area contributed by atoms with Crippen LogP contribution in [0.5, 0.6) is 0 Å². The first-order valence-corrected chi connectivity index (χ1v) is 7.35. The fourth-order valence-electron chi connectivity index (χ4n) is 3.68. The Morgan fingerprint density at radius 1 is 1.06 bits per heavy atom. The van der Waals surface area contributed by atoms with E-state index in [-0.39, 0.29) is 6.03 Å². The minimum Gasteiger partial charge on any atom is -0.351 e. The van der Waals surface area contributed by atoms with Gasteiger partial charge in [0.25, 0.3) is 0 Å². The van der Waals surface area contributed by atoms with Crippen LogP contribution in [0.2, 0.25) is 0 Å². The first kappa shape index (κ1) is 13.7. The highest BCUT2D eigenvalue weighted by atomic mass is 16.2. The third kappa shape index (κ3) is 3.61. The lowest BCUT2D eigenvalue weighted by Gasteiger charge is -2.37. The Balaban J connectivity index is 1.75. The molecule has 2 atom stereocenters. The van der Waals surface area contributed by atoms with Crippen molar-refractivity contribution in [1.82, 2.24) is 10.2 Å². The van der Waals surface area contributed by atoms with Gasteiger partial charge in [-0.2, -0.15) is 0 Å². The molecule has 1 saturated carbocycles. The Hall–Kier alpha value is -0.770. The van der Waals surface area contributed by atoms with E-state index in [1.165, 1.54) is 19.3 Å². The Morgan fingerprint density at radius 3 is 2.11 bits per heavy atom. The van der Waals surface area contributed by atoms with Gasteiger partial charge < -0.3 is 16.0 Å². The lowest BCUT2D eigenvalue weighted by atomic mass is 9.80. The SMILES string of the molecule is CC1CC(C)CC(NC2CCN(C(N)=O)CC2)C1. The monoisotopic (exact) mass is 253 g/mol. The van der Waals surface area contributed by atoms with Crippen LogP contribution >= 0.6 is 0 Å². The number of nitrogens with two attached hydrogens (primary N) is 1. The summed E-state index contributed by atoms with van der Waals surface area (Å²) < 4.78 is 0. The van der Waals surface area contributed by atoms with Crippen LogP contribution in [-0.2, 0) is 0 Å². The molecule has 1 aliphatic heterocycles. The zero-order valence-electron chi connectivity index (χ0n) is 11.7. The fraction of sp³-hybridized carbons (Fsp3) is 0.929. The normalized spacial score (nSPS) is 34.6. The van der Waals surface area contributed by atoms with Crippen LogP contribution in [0.3, 0.4) is 0 Å². The van der Waals surface area contributed by atoms with Gasteiger partial charge in [0.1, 0.15) is 0 Å². The molecule has 0 radical (unpaired) electrons. The predicted molar refractivity (Wildman–Crippen MR) is 73.3 cm³/mol. The van der Waals surface area contributed by atoms with Gasteiger partial charge in [0.2, 0.25) is 0 Å². The molecule has 1 aliphatic carbocycles. The maximum absolute atomic E-state index is 11.1. The fourth-order valence-corrected chi connectivity index (χ4v) is 3.68. The average Bonchev–Trinajstić information content (AvgIpc) is 2.28. The predicted octanol–water partition coefficient (Wildman–Crippen LogP) is 1.94. The molecule has 18 heavy (non-hydrogen) atoms. The number of rotatable bonds is 2. The zero-order chi connectivity index (χ0) is 13.1. The van der Waals surface area contributed by atoms with E-state index in [0.717, 1.165) is 37.8 Å². The van der Waals surface area contributed by atoms with Gasteiger partial charge in [-0.15, -0.1) is 0 Å². The molecule has 4 heteroatoms. The molecule has 0 aromatic heterocycles. The van der Waals surface area contributed by atoms with E-state index in [1.54, 1.807) is 4.90 Å². The number of carbonyl (C=O) groups is 1. The van der Waals surface area contributed by atoms with E-state index in [2.05, 4.69) is 19.2 Å². The molecule has 0 bridgehead atoms. The maximum atomic E-state index is 11.1. The summed E-state index contributed by atoms with van der Waals surface area (Å²) in [4.78, 5) is 12.8. The molecule has 4 nitrogen and oxygen atoms in total. The molecule has 2 aliphatic rings. The molecule has 3 N–H and O–H groups in total. The summed E-state index contributed by atoms with van der Waals surface area (Å²) in [5.41, 5.74) is 5.30. The van der Waals surface area contributed by atoms with Gasteiger partial charge in [-0.05, 0) is 43.9 Å². The van der Waals surface area contributed by atoms with Gasteiger partial charge in [-0.25, -0.2) is 4.79 Å². The van der Waals surface area contributed by atoms with Crippen molar-refractivity contribution in [2.24, 2.45) is 17.6 Å². The average molecular weight is 253 g/mol. The van der Waals surface area contributed by atoms with E-state index in [4.69, 9.17) is 5.73 Å². The highest BCUT2D eigenvalue weighted by Gasteiger charge is 2.27. The second-order valence-electron chi connectivity index (χ2n) is 6.38. The quantitative estimate of drug-likeness (QED) is 0.790. The lowest BCUT2D eigenvalue weighted by molar-refractivity contribution is 0.169. The van der Waals surface area contributed by atoms with E-state index in [0.29, 0.717) is 12.1 Å². The molecule has 0 aromatic rings. The summed E-state index contributed by atoms with van der Waals surface area (Å²) in [6.45, 7) is 6.34. The summed E-state index contributed by atoms with van der Waals surface area (Å²) in [5, 5.41) is 3.80. The summed E-state index contributed by atoms with van der Waals surface area (Å²) in [6, 6.07) is 0.977. The first-order chi connectivity index (χ1) is 8.54. The van der Waals surface area contributed by atoms with E-state index < -0.39 is 0 Å². The first-order valence-electron chi connectivity index (χ1n) is 7.35. The number of primary amides is 1. The molecular weight excluding hydrogens is 226 g/mol. The van der Waals surface area contributed by atoms with Crippen LogP contribution in [0.4, 0.5) is 4.79 Å². The summed E-state index contributed by atoms with van der Waals surface area (Å²) >= 11 is 0. The van der Waals surface area contributed by atoms with E-state index >= 15 is 0 Å². The Kier molecular flexibility index (Phi) is 4.49. The molecule has 2 fully saturated rings. The number of likely N-dealkylation sites (tertiary alicyclic amines) is 1. The number of nitrogens with one attached hydrogen (secondary N) is 1. The number of carbonyl (C=O) groups excluding carboxylic acids is 1. The Labute approximate surface area is 110 Å². The van der Waals surface area contributed by atoms with E-state index in [9.17, 15) is 4.79 Å². The molecule has 0 spiro atoms. The van der Waals surface area contributed by atoms with Gasteiger partial charge in [0.05, 0.1) is 0 Å². The number of urea groups is 1. The zero-order valence-corrected chi connectivity index (χ0v) is 11.7. The summed E-state index contributed by atoms with van der Waals surface area (Å²) in [7, 11) is 0. The summed E-state index contributed by atoms with van der Waals surface area (Å²) in [5.74, 6) is 1.69. The van der Waals surface area contributed by atoms with Crippen LogP contribution in [0, 0.1) is 11.8 Å².